The number of hydrogen-bond acceptors (Lipinski definition) is 5. The molecule has 27 heavy (non-hydrogen) atoms. The quantitative estimate of drug-likeness (QED) is 0.661. The predicted octanol–water partition coefficient (Wildman–Crippen LogP) is 2.71. The summed E-state index contributed by atoms with van der Waals surface area (Å²) in [5.41, 5.74) is -0.632. The van der Waals surface area contributed by atoms with Crippen LogP contribution in [0, 0.1) is 6.92 Å². The molecule has 0 radical (unpaired) electrons. The van der Waals surface area contributed by atoms with Gasteiger partial charge in [0.05, 0.1) is 11.3 Å². The lowest BCUT2D eigenvalue weighted by Crippen LogP contribution is -2.15. The van der Waals surface area contributed by atoms with Crippen LogP contribution in [0.5, 0.6) is 0 Å². The first-order valence-electron chi connectivity index (χ1n) is 7.68. The van der Waals surface area contributed by atoms with E-state index in [4.69, 9.17) is 0 Å². The fourth-order valence-corrected chi connectivity index (χ4v) is 3.16. The number of carbonyl (C=O) groups is 1. The van der Waals surface area contributed by atoms with Gasteiger partial charge in [0, 0.05) is 12.7 Å². The Labute approximate surface area is 155 Å². The number of imidazole rings is 1. The predicted molar refractivity (Wildman–Crippen MR) is 94.7 cm³/mol. The molecule has 0 fully saturated rings. The third kappa shape index (κ3) is 4.13. The third-order valence-electron chi connectivity index (χ3n) is 3.61. The number of rotatable bonds is 4. The average molecular weight is 397 g/mol. The van der Waals surface area contributed by atoms with E-state index in [1.165, 1.54) is 12.1 Å². The number of amides is 1. The number of anilines is 1. The maximum atomic E-state index is 12.7. The third-order valence-corrected chi connectivity index (χ3v) is 4.64. The number of aryl methyl sites for hydroxylation is 2. The number of fused-ring (bicyclic) bond motifs is 1. The Hall–Kier alpha value is -2.82. The molecule has 0 aliphatic rings. The summed E-state index contributed by atoms with van der Waals surface area (Å²) in [4.78, 5) is 34.9. The number of halogens is 3. The number of hydrogen-bond donors (Lipinski definition) is 2. The van der Waals surface area contributed by atoms with E-state index >= 15 is 0 Å². The van der Waals surface area contributed by atoms with Gasteiger partial charge in [0.2, 0.25) is 5.91 Å². The Morgan fingerprint density at radius 1 is 1.33 bits per heavy atom. The lowest BCUT2D eigenvalue weighted by molar-refractivity contribution is -0.137. The second kappa shape index (κ2) is 7.06. The molecular weight excluding hydrogens is 383 g/mol. The van der Waals surface area contributed by atoms with Crippen LogP contribution in [0.15, 0.2) is 34.2 Å². The Morgan fingerprint density at radius 3 is 2.78 bits per heavy atom. The smallest absolute Gasteiger partial charge is 0.325 e. The summed E-state index contributed by atoms with van der Waals surface area (Å²) < 4.78 is 39.7. The van der Waals surface area contributed by atoms with Crippen LogP contribution < -0.4 is 10.9 Å². The second-order valence-electron chi connectivity index (χ2n) is 5.69. The van der Waals surface area contributed by atoms with Crippen molar-refractivity contribution in [3.63, 3.8) is 0 Å². The van der Waals surface area contributed by atoms with Crippen molar-refractivity contribution in [3.8, 4) is 0 Å². The van der Waals surface area contributed by atoms with Crippen LogP contribution in [0.4, 0.5) is 18.9 Å². The first-order chi connectivity index (χ1) is 12.6. The number of alkyl halides is 3. The van der Waals surface area contributed by atoms with E-state index in [2.05, 4.69) is 20.3 Å². The van der Waals surface area contributed by atoms with Crippen molar-refractivity contribution in [1.82, 2.24) is 19.5 Å². The number of nitrogens with zero attached hydrogens (tertiary/aromatic N) is 3. The van der Waals surface area contributed by atoms with Gasteiger partial charge in [-0.25, -0.2) is 9.97 Å². The summed E-state index contributed by atoms with van der Waals surface area (Å²) in [6.07, 6.45) is -4.49. The zero-order valence-corrected chi connectivity index (χ0v) is 15.0. The fraction of sp³-hybridized carbons (Fsp3) is 0.250. The minimum absolute atomic E-state index is 0.0502. The van der Waals surface area contributed by atoms with Crippen LogP contribution in [-0.4, -0.2) is 31.2 Å². The lowest BCUT2D eigenvalue weighted by Gasteiger charge is -2.09. The van der Waals surface area contributed by atoms with Crippen molar-refractivity contribution in [1.29, 1.82) is 0 Å². The number of H-pyrrole nitrogens is 1. The summed E-state index contributed by atoms with van der Waals surface area (Å²) in [7, 11) is 1.66. The standard InChI is InChI=1S/C16H14F3N5O2S/c1-8-20-13-12(14(26)21-8)23-15(24(13)2)27-7-11(25)22-10-5-3-4-9(6-10)16(17,18)19/h3-6H,7H2,1-2H3,(H,22,25)(H,20,21,26). The lowest BCUT2D eigenvalue weighted by atomic mass is 10.2. The van der Waals surface area contributed by atoms with E-state index in [-0.39, 0.29) is 22.5 Å². The van der Waals surface area contributed by atoms with Crippen molar-refractivity contribution in [3.05, 3.63) is 46.0 Å². The van der Waals surface area contributed by atoms with Gasteiger partial charge >= 0.3 is 6.18 Å². The van der Waals surface area contributed by atoms with E-state index in [1.54, 1.807) is 18.5 Å². The molecule has 1 amide bonds. The highest BCUT2D eigenvalue weighted by molar-refractivity contribution is 7.99. The van der Waals surface area contributed by atoms with Crippen LogP contribution in [0.25, 0.3) is 11.2 Å². The molecule has 142 valence electrons. The first kappa shape index (κ1) is 19.0. The van der Waals surface area contributed by atoms with Crippen molar-refractivity contribution in [2.75, 3.05) is 11.1 Å². The molecule has 2 N–H and O–H groups in total. The molecule has 7 nitrogen and oxygen atoms in total. The average Bonchev–Trinajstić information content (AvgIpc) is 2.89. The summed E-state index contributed by atoms with van der Waals surface area (Å²) in [5, 5.41) is 2.81. The summed E-state index contributed by atoms with van der Waals surface area (Å²) >= 11 is 1.05. The molecular formula is C16H14F3N5O2S. The normalized spacial score (nSPS) is 11.7. The van der Waals surface area contributed by atoms with Crippen molar-refractivity contribution >= 4 is 34.5 Å². The summed E-state index contributed by atoms with van der Waals surface area (Å²) in [5.74, 6) is -0.150. The topological polar surface area (TPSA) is 92.7 Å². The molecule has 0 bridgehead atoms. The molecule has 0 unspecified atom stereocenters. The highest BCUT2D eigenvalue weighted by Gasteiger charge is 2.30. The molecule has 2 aromatic heterocycles. The number of benzene rings is 1. The van der Waals surface area contributed by atoms with Gasteiger partial charge in [0.15, 0.2) is 16.3 Å². The molecule has 2 heterocycles. The molecule has 3 rings (SSSR count). The monoisotopic (exact) mass is 397 g/mol. The molecule has 0 atom stereocenters. The Kier molecular flexibility index (Phi) is 4.96. The molecule has 3 aromatic rings. The van der Waals surface area contributed by atoms with Gasteiger partial charge in [-0.1, -0.05) is 17.8 Å². The maximum absolute atomic E-state index is 12.7. The van der Waals surface area contributed by atoms with Crippen molar-refractivity contribution < 1.29 is 18.0 Å². The molecule has 0 spiro atoms. The van der Waals surface area contributed by atoms with Crippen LogP contribution in [0.2, 0.25) is 0 Å². The van der Waals surface area contributed by atoms with Gasteiger partial charge in [0.1, 0.15) is 5.82 Å². The highest BCUT2D eigenvalue weighted by Crippen LogP contribution is 2.30. The molecule has 0 saturated carbocycles. The minimum Gasteiger partial charge on any atom is -0.325 e. The Bertz CT molecular complexity index is 1070. The number of nitrogens with one attached hydrogen (secondary N) is 2. The van der Waals surface area contributed by atoms with E-state index in [0.29, 0.717) is 16.6 Å². The Balaban J connectivity index is 1.71. The summed E-state index contributed by atoms with van der Waals surface area (Å²) in [6.45, 7) is 1.64. The zero-order valence-electron chi connectivity index (χ0n) is 14.2. The van der Waals surface area contributed by atoms with E-state index in [0.717, 1.165) is 23.9 Å². The number of aromatic amines is 1. The molecule has 11 heteroatoms. The van der Waals surface area contributed by atoms with Crippen molar-refractivity contribution in [2.45, 2.75) is 18.3 Å². The van der Waals surface area contributed by atoms with Gasteiger partial charge in [0.25, 0.3) is 5.56 Å². The van der Waals surface area contributed by atoms with Crippen LogP contribution >= 0.6 is 11.8 Å². The largest absolute Gasteiger partial charge is 0.416 e. The fourth-order valence-electron chi connectivity index (χ4n) is 2.39. The van der Waals surface area contributed by atoms with Gasteiger partial charge in [-0.15, -0.1) is 0 Å². The Morgan fingerprint density at radius 2 is 2.07 bits per heavy atom. The molecule has 0 aliphatic heterocycles. The van der Waals surface area contributed by atoms with E-state index in [1.807, 2.05) is 0 Å². The van der Waals surface area contributed by atoms with Crippen LogP contribution in [0.3, 0.4) is 0 Å². The molecule has 0 aliphatic carbocycles. The second-order valence-corrected chi connectivity index (χ2v) is 6.63. The van der Waals surface area contributed by atoms with Gasteiger partial charge in [-0.3, -0.25) is 9.59 Å². The first-order valence-corrected chi connectivity index (χ1v) is 8.67. The minimum atomic E-state index is -4.49. The number of carbonyl (C=O) groups excluding carboxylic acids is 1. The molecule has 1 aromatic carbocycles. The van der Waals surface area contributed by atoms with Gasteiger partial charge in [-0.2, -0.15) is 13.2 Å². The highest BCUT2D eigenvalue weighted by atomic mass is 32.2. The van der Waals surface area contributed by atoms with E-state index < -0.39 is 17.6 Å². The SMILES string of the molecule is Cc1nc2c(nc(SCC(=O)Nc3cccc(C(F)(F)F)c3)n2C)c(=O)[nH]1. The van der Waals surface area contributed by atoms with E-state index in [9.17, 15) is 22.8 Å². The van der Waals surface area contributed by atoms with Gasteiger partial charge < -0.3 is 14.9 Å². The van der Waals surface area contributed by atoms with Gasteiger partial charge in [-0.05, 0) is 25.1 Å². The van der Waals surface area contributed by atoms with Crippen molar-refractivity contribution in [2.24, 2.45) is 7.05 Å². The zero-order chi connectivity index (χ0) is 19.8. The number of thioether (sulfide) groups is 1. The number of aromatic nitrogens is 4. The van der Waals surface area contributed by atoms with Crippen LogP contribution in [-0.2, 0) is 18.0 Å². The van der Waals surface area contributed by atoms with Crippen LogP contribution in [0.1, 0.15) is 11.4 Å². The molecule has 0 saturated heterocycles. The summed E-state index contributed by atoms with van der Waals surface area (Å²) in [6, 6.07) is 4.39. The maximum Gasteiger partial charge on any atom is 0.416 e.